The van der Waals surface area contributed by atoms with Crippen LogP contribution in [-0.4, -0.2) is 71.0 Å². The number of carbonyl (C=O) groups is 2. The Kier molecular flexibility index (Phi) is 5.06. The van der Waals surface area contributed by atoms with E-state index in [2.05, 4.69) is 14.9 Å². The molecule has 1 atom stereocenters. The number of aromatic nitrogens is 2. The van der Waals surface area contributed by atoms with Gasteiger partial charge in [0.25, 0.3) is 0 Å². The maximum absolute atomic E-state index is 12.8. The minimum atomic E-state index is -0.433. The number of anilines is 1. The molecule has 0 aromatic carbocycles. The number of hydrogen-bond acceptors (Lipinski definition) is 5. The molecular formula is C17H26N6O2. The monoisotopic (exact) mass is 346 g/mol. The SMILES string of the molecule is Cc1ncnc(N2CCN(C(=O)[C@H]3CCCN(C(N)=O)C3)CC2)c1C. The number of piperazine rings is 1. The van der Waals surface area contributed by atoms with Crippen LogP contribution in [0.25, 0.3) is 0 Å². The van der Waals surface area contributed by atoms with Crippen LogP contribution in [0.3, 0.4) is 0 Å². The zero-order valence-electron chi connectivity index (χ0n) is 14.9. The largest absolute Gasteiger partial charge is 0.353 e. The maximum Gasteiger partial charge on any atom is 0.314 e. The van der Waals surface area contributed by atoms with Crippen molar-refractivity contribution in [3.63, 3.8) is 0 Å². The van der Waals surface area contributed by atoms with Crippen molar-refractivity contribution in [3.8, 4) is 0 Å². The molecule has 2 saturated heterocycles. The van der Waals surface area contributed by atoms with Crippen LogP contribution in [0.2, 0.25) is 0 Å². The highest BCUT2D eigenvalue weighted by Crippen LogP contribution is 2.22. The van der Waals surface area contributed by atoms with E-state index >= 15 is 0 Å². The number of aryl methyl sites for hydroxylation is 1. The van der Waals surface area contributed by atoms with E-state index in [1.54, 1.807) is 11.2 Å². The van der Waals surface area contributed by atoms with Crippen molar-refractivity contribution in [2.75, 3.05) is 44.2 Å². The van der Waals surface area contributed by atoms with E-state index < -0.39 is 6.03 Å². The second kappa shape index (κ2) is 7.25. The van der Waals surface area contributed by atoms with Gasteiger partial charge in [-0.05, 0) is 26.7 Å². The van der Waals surface area contributed by atoms with Crippen molar-refractivity contribution in [1.29, 1.82) is 0 Å². The number of primary amides is 1. The first-order valence-electron chi connectivity index (χ1n) is 8.83. The van der Waals surface area contributed by atoms with Crippen molar-refractivity contribution in [2.45, 2.75) is 26.7 Å². The first-order valence-corrected chi connectivity index (χ1v) is 8.83. The van der Waals surface area contributed by atoms with Gasteiger partial charge in [-0.15, -0.1) is 0 Å². The molecule has 1 aromatic heterocycles. The van der Waals surface area contributed by atoms with Crippen LogP contribution in [0.15, 0.2) is 6.33 Å². The molecule has 8 nitrogen and oxygen atoms in total. The number of rotatable bonds is 2. The van der Waals surface area contributed by atoms with Gasteiger partial charge in [-0.25, -0.2) is 14.8 Å². The molecule has 2 N–H and O–H groups in total. The number of amides is 3. The summed E-state index contributed by atoms with van der Waals surface area (Å²) in [5.74, 6) is 0.967. The molecule has 8 heteroatoms. The van der Waals surface area contributed by atoms with E-state index in [1.165, 1.54) is 0 Å². The molecule has 25 heavy (non-hydrogen) atoms. The first kappa shape index (κ1) is 17.4. The van der Waals surface area contributed by atoms with E-state index in [0.29, 0.717) is 26.2 Å². The number of urea groups is 1. The molecule has 0 saturated carbocycles. The molecule has 2 aliphatic heterocycles. The van der Waals surface area contributed by atoms with Gasteiger partial charge in [0, 0.05) is 50.5 Å². The number of piperidine rings is 1. The molecule has 3 rings (SSSR count). The molecule has 0 radical (unpaired) electrons. The summed E-state index contributed by atoms with van der Waals surface area (Å²) in [7, 11) is 0. The highest BCUT2D eigenvalue weighted by molar-refractivity contribution is 5.81. The Bertz CT molecular complexity index is 657. The minimum Gasteiger partial charge on any atom is -0.353 e. The highest BCUT2D eigenvalue weighted by Gasteiger charge is 2.32. The van der Waals surface area contributed by atoms with Gasteiger partial charge in [-0.1, -0.05) is 0 Å². The van der Waals surface area contributed by atoms with Gasteiger partial charge in [0.05, 0.1) is 5.92 Å². The third kappa shape index (κ3) is 3.67. The van der Waals surface area contributed by atoms with Gasteiger partial charge >= 0.3 is 6.03 Å². The Hall–Kier alpha value is -2.38. The Labute approximate surface area is 148 Å². The van der Waals surface area contributed by atoms with Crippen LogP contribution in [-0.2, 0) is 4.79 Å². The van der Waals surface area contributed by atoms with Crippen LogP contribution in [0, 0.1) is 19.8 Å². The molecule has 0 bridgehead atoms. The normalized spacial score (nSPS) is 21.4. The second-order valence-corrected chi connectivity index (χ2v) is 6.84. The van der Waals surface area contributed by atoms with Crippen LogP contribution in [0.4, 0.5) is 10.6 Å². The van der Waals surface area contributed by atoms with Gasteiger partial charge in [-0.3, -0.25) is 4.79 Å². The quantitative estimate of drug-likeness (QED) is 0.843. The van der Waals surface area contributed by atoms with Crippen LogP contribution >= 0.6 is 0 Å². The molecule has 136 valence electrons. The standard InChI is InChI=1S/C17H26N6O2/c1-12-13(2)19-11-20-15(12)21-6-8-22(9-7-21)16(24)14-4-3-5-23(10-14)17(18)25/h11,14H,3-10H2,1-2H3,(H2,18,25)/t14-/m0/s1. The summed E-state index contributed by atoms with van der Waals surface area (Å²) in [5.41, 5.74) is 7.43. The summed E-state index contributed by atoms with van der Waals surface area (Å²) < 4.78 is 0. The Balaban J connectivity index is 1.59. The smallest absolute Gasteiger partial charge is 0.314 e. The molecule has 0 unspecified atom stereocenters. The van der Waals surface area contributed by atoms with E-state index in [9.17, 15) is 9.59 Å². The minimum absolute atomic E-state index is 0.129. The summed E-state index contributed by atoms with van der Waals surface area (Å²) in [6.45, 7) is 7.97. The van der Waals surface area contributed by atoms with Crippen molar-refractivity contribution in [1.82, 2.24) is 19.8 Å². The van der Waals surface area contributed by atoms with Crippen LogP contribution in [0.5, 0.6) is 0 Å². The maximum atomic E-state index is 12.8. The molecule has 3 heterocycles. The molecule has 3 amide bonds. The second-order valence-electron chi connectivity index (χ2n) is 6.84. The Morgan fingerprint density at radius 3 is 2.48 bits per heavy atom. The summed E-state index contributed by atoms with van der Waals surface area (Å²) in [6.07, 6.45) is 3.25. The average Bonchev–Trinajstić information content (AvgIpc) is 2.63. The van der Waals surface area contributed by atoms with Gasteiger partial charge in [-0.2, -0.15) is 0 Å². The van der Waals surface area contributed by atoms with Gasteiger partial charge in [0.2, 0.25) is 5.91 Å². The number of hydrogen-bond donors (Lipinski definition) is 1. The lowest BCUT2D eigenvalue weighted by Crippen LogP contribution is -2.53. The Morgan fingerprint density at radius 2 is 1.80 bits per heavy atom. The molecule has 1 aromatic rings. The molecule has 0 aliphatic carbocycles. The van der Waals surface area contributed by atoms with E-state index in [1.807, 2.05) is 18.7 Å². The van der Waals surface area contributed by atoms with Crippen molar-refractivity contribution < 1.29 is 9.59 Å². The number of nitrogens with zero attached hydrogens (tertiary/aromatic N) is 5. The lowest BCUT2D eigenvalue weighted by atomic mass is 9.96. The molecular weight excluding hydrogens is 320 g/mol. The fourth-order valence-electron chi connectivity index (χ4n) is 3.62. The third-order valence-electron chi connectivity index (χ3n) is 5.28. The number of carbonyl (C=O) groups excluding carboxylic acids is 2. The first-order chi connectivity index (χ1) is 12.0. The van der Waals surface area contributed by atoms with Crippen molar-refractivity contribution in [2.24, 2.45) is 11.7 Å². The van der Waals surface area contributed by atoms with Crippen LogP contribution in [0.1, 0.15) is 24.1 Å². The van der Waals surface area contributed by atoms with Crippen LogP contribution < -0.4 is 10.6 Å². The average molecular weight is 346 g/mol. The van der Waals surface area contributed by atoms with Crippen molar-refractivity contribution >= 4 is 17.8 Å². The number of nitrogens with two attached hydrogens (primary N) is 1. The zero-order chi connectivity index (χ0) is 18.0. The Morgan fingerprint density at radius 1 is 1.08 bits per heavy atom. The highest BCUT2D eigenvalue weighted by atomic mass is 16.2. The summed E-state index contributed by atoms with van der Waals surface area (Å²) in [4.78, 5) is 38.5. The predicted octanol–water partition coefficient (Wildman–Crippen LogP) is 0.533. The summed E-state index contributed by atoms with van der Waals surface area (Å²) >= 11 is 0. The fourth-order valence-corrected chi connectivity index (χ4v) is 3.62. The zero-order valence-corrected chi connectivity index (χ0v) is 14.9. The van der Waals surface area contributed by atoms with Gasteiger partial charge in [0.1, 0.15) is 12.1 Å². The number of likely N-dealkylation sites (tertiary alicyclic amines) is 1. The lowest BCUT2D eigenvalue weighted by Gasteiger charge is -2.39. The molecule has 0 spiro atoms. The molecule has 2 fully saturated rings. The predicted molar refractivity (Wildman–Crippen MR) is 94.2 cm³/mol. The summed E-state index contributed by atoms with van der Waals surface area (Å²) in [6, 6.07) is -0.433. The van der Waals surface area contributed by atoms with Gasteiger partial charge < -0.3 is 20.4 Å². The topological polar surface area (TPSA) is 95.7 Å². The fraction of sp³-hybridized carbons (Fsp3) is 0.647. The third-order valence-corrected chi connectivity index (χ3v) is 5.28. The van der Waals surface area contributed by atoms with Crippen molar-refractivity contribution in [3.05, 3.63) is 17.6 Å². The van der Waals surface area contributed by atoms with E-state index in [-0.39, 0.29) is 11.8 Å². The lowest BCUT2D eigenvalue weighted by molar-refractivity contribution is -0.137. The summed E-state index contributed by atoms with van der Waals surface area (Å²) in [5, 5.41) is 0. The van der Waals surface area contributed by atoms with E-state index in [0.717, 1.165) is 43.0 Å². The molecule has 2 aliphatic rings. The van der Waals surface area contributed by atoms with E-state index in [4.69, 9.17) is 5.73 Å². The van der Waals surface area contributed by atoms with Gasteiger partial charge in [0.15, 0.2) is 0 Å².